The van der Waals surface area contributed by atoms with Gasteiger partial charge in [-0.05, 0) is 30.3 Å². The molecule has 1 aliphatic rings. The normalized spacial score (nSPS) is 21.4. The lowest BCUT2D eigenvalue weighted by molar-refractivity contribution is -0.157. The third-order valence-corrected chi connectivity index (χ3v) is 12.6. The van der Waals surface area contributed by atoms with Gasteiger partial charge in [0.2, 0.25) is 0 Å². The van der Waals surface area contributed by atoms with E-state index in [1.54, 1.807) is 30.3 Å². The SMILES string of the molecule is CC(C)(C)[Si](C)(C)OC[C@H]1O[C@@H](n2cnc3c(NC(=O)c4ccccc4)ncnc32)C[C@@H]1OP(=O)(F)OCC(F)(F)F. The van der Waals surface area contributed by atoms with Crippen LogP contribution in [0.1, 0.15) is 43.8 Å². The zero-order valence-electron chi connectivity index (χ0n) is 23.6. The summed E-state index contributed by atoms with van der Waals surface area (Å²) in [7, 11) is -7.96. The molecule has 1 fully saturated rings. The number of imidazole rings is 1. The van der Waals surface area contributed by atoms with Gasteiger partial charge in [0.05, 0.1) is 12.9 Å². The number of carbonyl (C=O) groups excluding carboxylic acids is 1. The molecule has 1 unspecified atom stereocenters. The second kappa shape index (κ2) is 12.1. The van der Waals surface area contributed by atoms with Crippen LogP contribution >= 0.6 is 7.91 Å². The zero-order chi connectivity index (χ0) is 30.9. The molecule has 11 nitrogen and oxygen atoms in total. The number of alkyl halides is 3. The second-order valence-corrected chi connectivity index (χ2v) is 17.4. The number of nitrogens with one attached hydrogen (secondary N) is 1. The van der Waals surface area contributed by atoms with E-state index >= 15 is 0 Å². The minimum atomic E-state index is -5.62. The Kier molecular flexibility index (Phi) is 9.26. The number of aromatic nitrogens is 4. The minimum Gasteiger partial charge on any atom is -0.414 e. The van der Waals surface area contributed by atoms with E-state index in [1.807, 2.05) is 33.9 Å². The summed E-state index contributed by atoms with van der Waals surface area (Å²) in [5.74, 6) is -0.291. The highest BCUT2D eigenvalue weighted by Gasteiger charge is 2.46. The van der Waals surface area contributed by atoms with E-state index in [1.165, 1.54) is 17.2 Å². The Morgan fingerprint density at radius 3 is 2.50 bits per heavy atom. The number of fused-ring (bicyclic) bond motifs is 1. The molecule has 3 heterocycles. The molecule has 1 amide bonds. The van der Waals surface area contributed by atoms with E-state index in [0.717, 1.165) is 0 Å². The monoisotopic (exact) mass is 633 g/mol. The lowest BCUT2D eigenvalue weighted by Crippen LogP contribution is -2.44. The van der Waals surface area contributed by atoms with Crippen molar-refractivity contribution < 1.29 is 44.9 Å². The molecule has 0 radical (unpaired) electrons. The van der Waals surface area contributed by atoms with Gasteiger partial charge in [0.15, 0.2) is 31.9 Å². The number of rotatable bonds is 10. The van der Waals surface area contributed by atoms with Gasteiger partial charge in [-0.2, -0.15) is 13.2 Å². The van der Waals surface area contributed by atoms with Crippen LogP contribution in [0.15, 0.2) is 43.0 Å². The van der Waals surface area contributed by atoms with Crippen LogP contribution in [0.4, 0.5) is 23.2 Å². The van der Waals surface area contributed by atoms with Crippen LogP contribution in [0.3, 0.4) is 0 Å². The summed E-state index contributed by atoms with van der Waals surface area (Å²) in [6, 6.07) is 8.46. The van der Waals surface area contributed by atoms with Crippen LogP contribution in [0.5, 0.6) is 0 Å². The summed E-state index contributed by atoms with van der Waals surface area (Å²) in [5, 5.41) is 2.50. The van der Waals surface area contributed by atoms with Crippen LogP contribution in [0, 0.1) is 0 Å². The summed E-state index contributed by atoms with van der Waals surface area (Å²) in [5.41, 5.74) is 0.879. The number of ether oxygens (including phenoxy) is 1. The molecule has 4 rings (SSSR count). The summed E-state index contributed by atoms with van der Waals surface area (Å²) < 4.78 is 87.3. The van der Waals surface area contributed by atoms with Gasteiger partial charge in [-0.25, -0.2) is 19.5 Å². The Morgan fingerprint density at radius 1 is 1.17 bits per heavy atom. The number of carbonyl (C=O) groups is 1. The molecule has 0 spiro atoms. The minimum absolute atomic E-state index is 0.100. The number of halogens is 4. The first-order chi connectivity index (χ1) is 19.5. The predicted octanol–water partition coefficient (Wildman–Crippen LogP) is 6.43. The van der Waals surface area contributed by atoms with Gasteiger partial charge in [0, 0.05) is 12.0 Å². The molecule has 230 valence electrons. The maximum atomic E-state index is 14.6. The predicted molar refractivity (Wildman–Crippen MR) is 147 cm³/mol. The number of hydrogen-bond donors (Lipinski definition) is 1. The quantitative estimate of drug-likeness (QED) is 0.153. The van der Waals surface area contributed by atoms with E-state index in [2.05, 4.69) is 24.8 Å². The van der Waals surface area contributed by atoms with Gasteiger partial charge < -0.3 is 14.5 Å². The smallest absolute Gasteiger partial charge is 0.414 e. The number of hydrogen-bond acceptors (Lipinski definition) is 9. The lowest BCUT2D eigenvalue weighted by atomic mass is 10.2. The molecular formula is C25H32F4N5O6PSi. The first-order valence-corrected chi connectivity index (χ1v) is 17.3. The van der Waals surface area contributed by atoms with Crippen molar-refractivity contribution in [3.8, 4) is 0 Å². The van der Waals surface area contributed by atoms with Crippen LogP contribution in [0.2, 0.25) is 18.1 Å². The van der Waals surface area contributed by atoms with Gasteiger partial charge in [-0.15, -0.1) is 4.20 Å². The molecule has 0 saturated carbocycles. The van der Waals surface area contributed by atoms with E-state index in [0.29, 0.717) is 5.56 Å². The van der Waals surface area contributed by atoms with E-state index in [9.17, 15) is 26.7 Å². The fraction of sp³-hybridized carbons (Fsp3) is 0.520. The number of anilines is 1. The van der Waals surface area contributed by atoms with E-state index in [4.69, 9.17) is 13.7 Å². The molecule has 4 atom stereocenters. The maximum absolute atomic E-state index is 14.6. The fourth-order valence-electron chi connectivity index (χ4n) is 3.90. The van der Waals surface area contributed by atoms with Gasteiger partial charge in [-0.1, -0.05) is 39.0 Å². The highest BCUT2D eigenvalue weighted by molar-refractivity contribution is 7.48. The standard InChI is InChI=1S/C25H32F4N5O6PSi/c1-24(2,3)42(4,5)38-12-18-17(40-41(29,36)37-13-25(26,27)28)11-19(39-18)34-15-32-20-21(30-14-31-22(20)34)33-23(35)16-9-7-6-8-10-16/h6-10,14-15,17-19H,11-13H2,1-5H3,(H,30,31,33,35)/t17-,18+,19+,41?/m0/s1. The molecule has 42 heavy (non-hydrogen) atoms. The molecule has 17 heteroatoms. The Bertz CT molecular complexity index is 1450. The van der Waals surface area contributed by atoms with Gasteiger partial charge in [0.1, 0.15) is 24.8 Å². The third kappa shape index (κ3) is 7.79. The highest BCUT2D eigenvalue weighted by atomic mass is 31.2. The molecule has 0 bridgehead atoms. The highest BCUT2D eigenvalue weighted by Crippen LogP contribution is 2.54. The van der Waals surface area contributed by atoms with Crippen LogP contribution < -0.4 is 5.32 Å². The zero-order valence-corrected chi connectivity index (χ0v) is 25.5. The van der Waals surface area contributed by atoms with Crippen LogP contribution in [-0.4, -0.2) is 65.3 Å². The number of nitrogens with zero attached hydrogens (tertiary/aromatic N) is 4. The Balaban J connectivity index is 1.57. The van der Waals surface area contributed by atoms with Crippen molar-refractivity contribution in [2.75, 3.05) is 18.5 Å². The third-order valence-electron chi connectivity index (χ3n) is 7.18. The van der Waals surface area contributed by atoms with E-state index in [-0.39, 0.29) is 35.0 Å². The van der Waals surface area contributed by atoms with Gasteiger partial charge in [-0.3, -0.25) is 18.4 Å². The first-order valence-electron chi connectivity index (χ1n) is 13.0. The van der Waals surface area contributed by atoms with Crippen molar-refractivity contribution in [1.82, 2.24) is 19.5 Å². The molecule has 1 saturated heterocycles. The largest absolute Gasteiger partial charge is 0.513 e. The first kappa shape index (κ1) is 32.2. The van der Waals surface area contributed by atoms with Gasteiger partial charge in [0.25, 0.3) is 5.91 Å². The molecule has 3 aromatic rings. The Labute approximate surface area is 240 Å². The van der Waals surface area contributed by atoms with Crippen molar-refractivity contribution in [3.05, 3.63) is 48.5 Å². The van der Waals surface area contributed by atoms with Crippen molar-refractivity contribution >= 4 is 39.1 Å². The molecule has 1 aromatic carbocycles. The number of benzene rings is 1. The Morgan fingerprint density at radius 2 is 1.86 bits per heavy atom. The van der Waals surface area contributed by atoms with Crippen LogP contribution in [0.25, 0.3) is 11.2 Å². The number of amides is 1. The Hall–Kier alpha value is -2.75. The topological polar surface area (TPSA) is 127 Å². The molecule has 0 aliphatic carbocycles. The average Bonchev–Trinajstić information content (AvgIpc) is 3.50. The summed E-state index contributed by atoms with van der Waals surface area (Å²) in [6.07, 6.45) is -5.69. The van der Waals surface area contributed by atoms with Crippen molar-refractivity contribution in [1.29, 1.82) is 0 Å². The van der Waals surface area contributed by atoms with Gasteiger partial charge >= 0.3 is 14.1 Å². The van der Waals surface area contributed by atoms with Crippen molar-refractivity contribution in [2.45, 2.75) is 69.9 Å². The molecule has 2 aromatic heterocycles. The second-order valence-electron chi connectivity index (χ2n) is 11.3. The lowest BCUT2D eigenvalue weighted by Gasteiger charge is -2.37. The molecule has 1 N–H and O–H groups in total. The average molecular weight is 634 g/mol. The van der Waals surface area contributed by atoms with Crippen molar-refractivity contribution in [2.24, 2.45) is 0 Å². The van der Waals surface area contributed by atoms with E-state index < -0.39 is 53.4 Å². The maximum Gasteiger partial charge on any atom is 0.513 e. The van der Waals surface area contributed by atoms with Crippen LogP contribution in [-0.2, 0) is 22.8 Å². The molecule has 1 aliphatic heterocycles. The molecular weight excluding hydrogens is 601 g/mol. The summed E-state index contributed by atoms with van der Waals surface area (Å²) in [6.45, 7) is 7.81. The summed E-state index contributed by atoms with van der Waals surface area (Å²) >= 11 is 0. The summed E-state index contributed by atoms with van der Waals surface area (Å²) in [4.78, 5) is 25.3. The fourth-order valence-corrected chi connectivity index (χ4v) is 5.83. The van der Waals surface area contributed by atoms with Crippen molar-refractivity contribution in [3.63, 3.8) is 0 Å².